The van der Waals surface area contributed by atoms with Crippen LogP contribution in [0.2, 0.25) is 0 Å². The number of hydrogen-bond acceptors (Lipinski definition) is 6. The molecule has 0 fully saturated rings. The number of esters is 1. The van der Waals surface area contributed by atoms with Crippen molar-refractivity contribution in [3.63, 3.8) is 0 Å². The minimum atomic E-state index is -0.625. The zero-order valence-electron chi connectivity index (χ0n) is 21.8. The van der Waals surface area contributed by atoms with Crippen LogP contribution >= 0.6 is 11.6 Å². The Balaban J connectivity index is 1.48. The lowest BCUT2D eigenvalue weighted by atomic mass is 10.1. The Morgan fingerprint density at radius 3 is 2.33 bits per heavy atom. The molecule has 4 rings (SSSR count). The molecule has 0 unspecified atom stereocenters. The van der Waals surface area contributed by atoms with E-state index in [1.165, 1.54) is 6.07 Å². The standard InChI is InChI=1S/C30H28ClN3O5/c1-4-5-14-39-30(38)21-9-7-11-23(17-21)33-27(35)20-8-6-10-22(16-20)32-26-25(31)28(36)34(29(26)37)24-15-18(2)12-13-19(24)3/h6-13,15-17,32H,4-5,14H2,1-3H3,(H,33,35). The number of aryl methyl sites for hydroxylation is 2. The summed E-state index contributed by atoms with van der Waals surface area (Å²) in [5, 5.41) is 5.43. The van der Waals surface area contributed by atoms with Crippen molar-refractivity contribution < 1.29 is 23.9 Å². The molecule has 3 aromatic carbocycles. The Kier molecular flexibility index (Phi) is 8.46. The molecule has 200 valence electrons. The van der Waals surface area contributed by atoms with Crippen LogP contribution in [0, 0.1) is 13.8 Å². The highest BCUT2D eigenvalue weighted by Crippen LogP contribution is 2.32. The van der Waals surface area contributed by atoms with Crippen LogP contribution in [0.3, 0.4) is 0 Å². The van der Waals surface area contributed by atoms with E-state index in [1.54, 1.807) is 48.5 Å². The van der Waals surface area contributed by atoms with Crippen molar-refractivity contribution in [3.8, 4) is 0 Å². The first kappa shape index (κ1) is 27.6. The predicted octanol–water partition coefficient (Wildman–Crippen LogP) is 5.95. The van der Waals surface area contributed by atoms with Crippen LogP contribution < -0.4 is 15.5 Å². The van der Waals surface area contributed by atoms with Crippen molar-refractivity contribution in [2.75, 3.05) is 22.1 Å². The second kappa shape index (κ2) is 12.0. The van der Waals surface area contributed by atoms with E-state index >= 15 is 0 Å². The van der Waals surface area contributed by atoms with Gasteiger partial charge >= 0.3 is 5.97 Å². The molecule has 1 heterocycles. The molecule has 0 aliphatic carbocycles. The minimum Gasteiger partial charge on any atom is -0.462 e. The van der Waals surface area contributed by atoms with Gasteiger partial charge < -0.3 is 15.4 Å². The van der Waals surface area contributed by atoms with Crippen molar-refractivity contribution in [1.29, 1.82) is 0 Å². The van der Waals surface area contributed by atoms with Crippen LogP contribution in [-0.4, -0.2) is 30.3 Å². The largest absolute Gasteiger partial charge is 0.462 e. The van der Waals surface area contributed by atoms with Crippen LogP contribution in [0.25, 0.3) is 0 Å². The molecule has 2 N–H and O–H groups in total. The molecular formula is C30H28ClN3O5. The minimum absolute atomic E-state index is 0.0746. The number of benzene rings is 3. The Morgan fingerprint density at radius 2 is 1.59 bits per heavy atom. The lowest BCUT2D eigenvalue weighted by Gasteiger charge is -2.18. The Labute approximate surface area is 231 Å². The fourth-order valence-electron chi connectivity index (χ4n) is 3.99. The number of nitrogens with one attached hydrogen (secondary N) is 2. The molecule has 3 amide bonds. The van der Waals surface area contributed by atoms with E-state index in [2.05, 4.69) is 10.6 Å². The lowest BCUT2D eigenvalue weighted by Crippen LogP contribution is -2.33. The summed E-state index contributed by atoms with van der Waals surface area (Å²) in [6.45, 7) is 6.02. The summed E-state index contributed by atoms with van der Waals surface area (Å²) in [4.78, 5) is 52.3. The number of hydrogen-bond donors (Lipinski definition) is 2. The number of carbonyl (C=O) groups is 4. The first-order valence-corrected chi connectivity index (χ1v) is 12.9. The number of carbonyl (C=O) groups excluding carboxylic acids is 4. The highest BCUT2D eigenvalue weighted by atomic mass is 35.5. The third-order valence-electron chi connectivity index (χ3n) is 6.11. The van der Waals surface area contributed by atoms with E-state index < -0.39 is 23.7 Å². The van der Waals surface area contributed by atoms with E-state index in [1.807, 2.05) is 32.9 Å². The highest BCUT2D eigenvalue weighted by Gasteiger charge is 2.39. The fourth-order valence-corrected chi connectivity index (χ4v) is 4.21. The van der Waals surface area contributed by atoms with E-state index in [9.17, 15) is 19.2 Å². The smallest absolute Gasteiger partial charge is 0.338 e. The molecule has 0 radical (unpaired) electrons. The van der Waals surface area contributed by atoms with Gasteiger partial charge in [-0.1, -0.05) is 49.2 Å². The van der Waals surface area contributed by atoms with Gasteiger partial charge in [-0.15, -0.1) is 0 Å². The maximum atomic E-state index is 13.2. The van der Waals surface area contributed by atoms with Crippen molar-refractivity contribution in [1.82, 2.24) is 0 Å². The molecular weight excluding hydrogens is 518 g/mol. The van der Waals surface area contributed by atoms with Crippen molar-refractivity contribution in [2.24, 2.45) is 0 Å². The van der Waals surface area contributed by atoms with Gasteiger partial charge in [-0.05, 0) is 73.9 Å². The lowest BCUT2D eigenvalue weighted by molar-refractivity contribution is -0.120. The Hall–Kier alpha value is -4.43. The summed E-state index contributed by atoms with van der Waals surface area (Å²) in [5.74, 6) is -2.10. The molecule has 1 aliphatic rings. The van der Waals surface area contributed by atoms with Crippen molar-refractivity contribution >= 4 is 52.4 Å². The van der Waals surface area contributed by atoms with Gasteiger partial charge in [0, 0.05) is 16.9 Å². The molecule has 0 atom stereocenters. The van der Waals surface area contributed by atoms with E-state index in [-0.39, 0.29) is 16.3 Å². The van der Waals surface area contributed by atoms with Gasteiger partial charge in [-0.3, -0.25) is 14.4 Å². The van der Waals surface area contributed by atoms with Gasteiger partial charge in [0.25, 0.3) is 17.7 Å². The second-order valence-corrected chi connectivity index (χ2v) is 9.53. The zero-order valence-corrected chi connectivity index (χ0v) is 22.6. The third-order valence-corrected chi connectivity index (χ3v) is 6.46. The Bertz CT molecular complexity index is 1500. The summed E-state index contributed by atoms with van der Waals surface area (Å²) >= 11 is 6.29. The van der Waals surface area contributed by atoms with Crippen LogP contribution in [0.1, 0.15) is 51.6 Å². The summed E-state index contributed by atoms with van der Waals surface area (Å²) in [5.41, 5.74) is 3.48. The number of halogens is 1. The van der Waals surface area contributed by atoms with E-state index in [4.69, 9.17) is 16.3 Å². The molecule has 39 heavy (non-hydrogen) atoms. The van der Waals surface area contributed by atoms with Gasteiger partial charge in [0.05, 0.1) is 17.9 Å². The number of nitrogens with zero attached hydrogens (tertiary/aromatic N) is 1. The second-order valence-electron chi connectivity index (χ2n) is 9.15. The summed E-state index contributed by atoms with van der Waals surface area (Å²) in [6, 6.07) is 18.4. The van der Waals surface area contributed by atoms with E-state index in [0.717, 1.165) is 28.9 Å². The van der Waals surface area contributed by atoms with Crippen molar-refractivity contribution in [2.45, 2.75) is 33.6 Å². The quantitative estimate of drug-likeness (QED) is 0.196. The number of anilines is 3. The first-order chi connectivity index (χ1) is 18.7. The van der Waals surface area contributed by atoms with Gasteiger partial charge in [-0.2, -0.15) is 0 Å². The number of ether oxygens (including phenoxy) is 1. The third kappa shape index (κ3) is 6.18. The molecule has 9 heteroatoms. The van der Waals surface area contributed by atoms with Gasteiger partial charge in [0.1, 0.15) is 10.7 Å². The highest BCUT2D eigenvalue weighted by molar-refractivity contribution is 6.53. The van der Waals surface area contributed by atoms with Crippen LogP contribution in [0.4, 0.5) is 17.1 Å². The molecule has 1 aliphatic heterocycles. The fraction of sp³-hybridized carbons (Fsp3) is 0.200. The maximum absolute atomic E-state index is 13.2. The maximum Gasteiger partial charge on any atom is 0.338 e. The SMILES string of the molecule is CCCCOC(=O)c1cccc(NC(=O)c2cccc(NC3=C(Cl)C(=O)N(c4cc(C)ccc4C)C3=O)c2)c1. The molecule has 8 nitrogen and oxygen atoms in total. The molecule has 0 saturated carbocycles. The van der Waals surface area contributed by atoms with Crippen LogP contribution in [0.5, 0.6) is 0 Å². The molecule has 0 spiro atoms. The van der Waals surface area contributed by atoms with Crippen LogP contribution in [-0.2, 0) is 14.3 Å². The number of imide groups is 1. The molecule has 0 bridgehead atoms. The number of unbranched alkanes of at least 4 members (excludes halogenated alkanes) is 1. The summed E-state index contributed by atoms with van der Waals surface area (Å²) in [6.07, 6.45) is 1.69. The Morgan fingerprint density at radius 1 is 0.897 bits per heavy atom. The topological polar surface area (TPSA) is 105 Å². The van der Waals surface area contributed by atoms with Gasteiger partial charge in [0.2, 0.25) is 0 Å². The predicted molar refractivity (Wildman–Crippen MR) is 151 cm³/mol. The van der Waals surface area contributed by atoms with Gasteiger partial charge in [-0.25, -0.2) is 9.69 Å². The number of rotatable bonds is 9. The summed E-state index contributed by atoms with van der Waals surface area (Å²) in [7, 11) is 0. The van der Waals surface area contributed by atoms with Crippen LogP contribution in [0.15, 0.2) is 77.5 Å². The normalized spacial score (nSPS) is 13.1. The average Bonchev–Trinajstić information content (AvgIpc) is 3.13. The average molecular weight is 546 g/mol. The molecule has 3 aromatic rings. The number of amides is 3. The first-order valence-electron chi connectivity index (χ1n) is 12.5. The summed E-state index contributed by atoms with van der Waals surface area (Å²) < 4.78 is 5.24. The van der Waals surface area contributed by atoms with Crippen molar-refractivity contribution in [3.05, 3.63) is 99.7 Å². The zero-order chi connectivity index (χ0) is 28.1. The monoisotopic (exact) mass is 545 g/mol. The van der Waals surface area contributed by atoms with Gasteiger partial charge in [0.15, 0.2) is 0 Å². The molecule has 0 saturated heterocycles. The van der Waals surface area contributed by atoms with E-state index in [0.29, 0.717) is 29.2 Å². The molecule has 0 aromatic heterocycles.